The standard InChI is InChI=1S/C37H34N4O/c1-7-40-33-15-13-26(19-29-32(22-38)39-41(36(29)42)28-11-9-8-10-12-28)20-30(33)37(5,6)31-21-27(14-16-34(31)40)35-24(3)17-23(2)18-25(35)4/h8-21H,7H2,1-6H3/b29-19-. The molecule has 5 heteroatoms. The van der Waals surface area contributed by atoms with Crippen molar-refractivity contribution in [2.24, 2.45) is 5.10 Å². The molecule has 0 saturated carbocycles. The van der Waals surface area contributed by atoms with Crippen molar-refractivity contribution < 1.29 is 4.79 Å². The van der Waals surface area contributed by atoms with E-state index in [0.717, 1.165) is 17.8 Å². The lowest BCUT2D eigenvalue weighted by Gasteiger charge is -2.42. The molecule has 0 radical (unpaired) electrons. The zero-order valence-electron chi connectivity index (χ0n) is 25.0. The third-order valence-electron chi connectivity index (χ3n) is 8.52. The first-order chi connectivity index (χ1) is 20.1. The topological polar surface area (TPSA) is 59.7 Å². The van der Waals surface area contributed by atoms with E-state index in [4.69, 9.17) is 0 Å². The lowest BCUT2D eigenvalue weighted by atomic mass is 9.72. The summed E-state index contributed by atoms with van der Waals surface area (Å²) in [5.41, 5.74) is 12.8. The van der Waals surface area contributed by atoms with E-state index in [9.17, 15) is 10.1 Å². The van der Waals surface area contributed by atoms with Crippen molar-refractivity contribution in [1.82, 2.24) is 0 Å². The van der Waals surface area contributed by atoms with Gasteiger partial charge < -0.3 is 4.90 Å². The molecule has 0 saturated heterocycles. The van der Waals surface area contributed by atoms with Gasteiger partial charge in [-0.05, 0) is 109 Å². The van der Waals surface area contributed by atoms with Gasteiger partial charge >= 0.3 is 0 Å². The van der Waals surface area contributed by atoms with Gasteiger partial charge in [-0.2, -0.15) is 15.4 Å². The normalized spacial score (nSPS) is 16.3. The predicted molar refractivity (Wildman–Crippen MR) is 172 cm³/mol. The average Bonchev–Trinajstić information content (AvgIpc) is 3.28. The molecule has 4 aromatic carbocycles. The smallest absolute Gasteiger partial charge is 0.281 e. The van der Waals surface area contributed by atoms with Crippen LogP contribution in [0.15, 0.2) is 89.5 Å². The Balaban J connectivity index is 1.44. The lowest BCUT2D eigenvalue weighted by molar-refractivity contribution is -0.114. The molecule has 0 aliphatic carbocycles. The van der Waals surface area contributed by atoms with Crippen LogP contribution in [0, 0.1) is 32.1 Å². The maximum Gasteiger partial charge on any atom is 0.281 e. The van der Waals surface area contributed by atoms with E-state index in [-0.39, 0.29) is 17.0 Å². The fourth-order valence-electron chi connectivity index (χ4n) is 6.60. The number of carbonyl (C=O) groups excluding carboxylic acids is 1. The number of nitriles is 1. The Morgan fingerprint density at radius 1 is 0.881 bits per heavy atom. The number of hydrogen-bond donors (Lipinski definition) is 0. The first-order valence-corrected chi connectivity index (χ1v) is 14.4. The van der Waals surface area contributed by atoms with Gasteiger partial charge in [0.15, 0.2) is 5.71 Å². The molecular weight excluding hydrogens is 516 g/mol. The van der Waals surface area contributed by atoms with Gasteiger partial charge in [0.05, 0.1) is 11.3 Å². The summed E-state index contributed by atoms with van der Waals surface area (Å²) in [5.74, 6) is -0.302. The number of aryl methyl sites for hydroxylation is 3. The second kappa shape index (κ2) is 10.2. The van der Waals surface area contributed by atoms with Crippen molar-refractivity contribution in [2.75, 3.05) is 16.5 Å². The Labute approximate surface area is 248 Å². The number of benzene rings is 4. The van der Waals surface area contributed by atoms with Crippen molar-refractivity contribution in [3.63, 3.8) is 0 Å². The number of fused-ring (bicyclic) bond motifs is 2. The minimum Gasteiger partial charge on any atom is -0.341 e. The molecule has 4 aromatic rings. The van der Waals surface area contributed by atoms with Gasteiger partial charge in [0.1, 0.15) is 6.07 Å². The molecule has 6 rings (SSSR count). The molecule has 0 unspecified atom stereocenters. The zero-order valence-corrected chi connectivity index (χ0v) is 25.0. The minimum atomic E-state index is -0.302. The van der Waals surface area contributed by atoms with E-state index < -0.39 is 0 Å². The molecule has 0 aromatic heterocycles. The van der Waals surface area contributed by atoms with E-state index in [1.165, 1.54) is 49.6 Å². The van der Waals surface area contributed by atoms with Gasteiger partial charge in [-0.3, -0.25) is 4.79 Å². The molecule has 2 heterocycles. The quantitative estimate of drug-likeness (QED) is 0.240. The monoisotopic (exact) mass is 550 g/mol. The first-order valence-electron chi connectivity index (χ1n) is 14.4. The molecule has 2 aliphatic rings. The van der Waals surface area contributed by atoms with Crippen molar-refractivity contribution >= 4 is 34.8 Å². The SMILES string of the molecule is CCN1c2ccc(/C=C3\C(=O)N(c4ccccc4)N=C3C#N)cc2C(C)(C)c2cc(-c3c(C)cc(C)cc3C)ccc21. The number of hydrazone groups is 1. The fraction of sp³-hybridized carbons (Fsp3) is 0.216. The molecule has 1 amide bonds. The van der Waals surface area contributed by atoms with Crippen LogP contribution in [0.2, 0.25) is 0 Å². The molecule has 208 valence electrons. The van der Waals surface area contributed by atoms with Crippen molar-refractivity contribution in [2.45, 2.75) is 47.0 Å². The largest absolute Gasteiger partial charge is 0.341 e. The molecule has 0 spiro atoms. The van der Waals surface area contributed by atoms with Crippen LogP contribution >= 0.6 is 0 Å². The van der Waals surface area contributed by atoms with E-state index in [1.807, 2.05) is 36.4 Å². The van der Waals surface area contributed by atoms with Crippen molar-refractivity contribution in [1.29, 1.82) is 5.26 Å². The van der Waals surface area contributed by atoms with Crippen LogP contribution in [0.4, 0.5) is 17.1 Å². The number of anilines is 3. The Morgan fingerprint density at radius 3 is 2.17 bits per heavy atom. The zero-order chi connectivity index (χ0) is 29.8. The Morgan fingerprint density at radius 2 is 1.52 bits per heavy atom. The number of para-hydroxylation sites is 1. The van der Waals surface area contributed by atoms with Crippen LogP contribution in [0.3, 0.4) is 0 Å². The number of rotatable bonds is 4. The maximum atomic E-state index is 13.4. The molecule has 2 aliphatic heterocycles. The van der Waals surface area contributed by atoms with Crippen molar-refractivity contribution in [3.8, 4) is 17.2 Å². The number of hydrogen-bond acceptors (Lipinski definition) is 4. The van der Waals surface area contributed by atoms with Crippen LogP contribution in [0.5, 0.6) is 0 Å². The molecule has 42 heavy (non-hydrogen) atoms. The highest BCUT2D eigenvalue weighted by Gasteiger charge is 2.37. The summed E-state index contributed by atoms with van der Waals surface area (Å²) in [7, 11) is 0. The van der Waals surface area contributed by atoms with Crippen LogP contribution in [0.25, 0.3) is 17.2 Å². The highest BCUT2D eigenvalue weighted by atomic mass is 16.2. The molecule has 0 N–H and O–H groups in total. The molecule has 0 atom stereocenters. The second-order valence-corrected chi connectivity index (χ2v) is 11.7. The van der Waals surface area contributed by atoms with Gasteiger partial charge in [0.2, 0.25) is 0 Å². The van der Waals surface area contributed by atoms with Gasteiger partial charge in [-0.15, -0.1) is 0 Å². The summed E-state index contributed by atoms with van der Waals surface area (Å²) in [6.07, 6.45) is 1.80. The molecule has 0 fully saturated rings. The Kier molecular flexibility index (Phi) is 6.58. The third kappa shape index (κ3) is 4.31. The minimum absolute atomic E-state index is 0.120. The highest BCUT2D eigenvalue weighted by molar-refractivity contribution is 6.37. The summed E-state index contributed by atoms with van der Waals surface area (Å²) in [5, 5.41) is 15.4. The van der Waals surface area contributed by atoms with E-state index >= 15 is 0 Å². The van der Waals surface area contributed by atoms with Crippen LogP contribution in [-0.2, 0) is 10.2 Å². The van der Waals surface area contributed by atoms with E-state index in [2.05, 4.69) is 100 Å². The fourth-order valence-corrected chi connectivity index (χ4v) is 6.60. The Hall–Kier alpha value is -4.95. The maximum absolute atomic E-state index is 13.4. The molecule has 5 nitrogen and oxygen atoms in total. The van der Waals surface area contributed by atoms with Crippen LogP contribution < -0.4 is 9.91 Å². The summed E-state index contributed by atoms with van der Waals surface area (Å²) >= 11 is 0. The highest BCUT2D eigenvalue weighted by Crippen LogP contribution is 2.50. The van der Waals surface area contributed by atoms with E-state index in [0.29, 0.717) is 11.3 Å². The van der Waals surface area contributed by atoms with Gasteiger partial charge in [0.25, 0.3) is 5.91 Å². The summed E-state index contributed by atoms with van der Waals surface area (Å²) in [6.45, 7) is 14.1. The molecular formula is C37H34N4O. The average molecular weight is 551 g/mol. The molecule has 0 bridgehead atoms. The van der Waals surface area contributed by atoms with Crippen LogP contribution in [-0.4, -0.2) is 18.2 Å². The number of amides is 1. The van der Waals surface area contributed by atoms with E-state index in [1.54, 1.807) is 6.08 Å². The second-order valence-electron chi connectivity index (χ2n) is 11.7. The van der Waals surface area contributed by atoms with Gasteiger partial charge in [-0.1, -0.05) is 61.9 Å². The Bertz CT molecular complexity index is 1830. The predicted octanol–water partition coefficient (Wildman–Crippen LogP) is 8.39. The summed E-state index contributed by atoms with van der Waals surface area (Å²) < 4.78 is 0. The van der Waals surface area contributed by atoms with Crippen LogP contribution in [0.1, 0.15) is 54.2 Å². The summed E-state index contributed by atoms with van der Waals surface area (Å²) in [4.78, 5) is 15.8. The summed E-state index contributed by atoms with van der Waals surface area (Å²) in [6, 6.07) is 29.0. The third-order valence-corrected chi connectivity index (χ3v) is 8.52. The number of carbonyl (C=O) groups is 1. The van der Waals surface area contributed by atoms with Gasteiger partial charge in [-0.25, -0.2) is 0 Å². The van der Waals surface area contributed by atoms with Gasteiger partial charge in [0, 0.05) is 23.3 Å². The number of nitrogens with zero attached hydrogens (tertiary/aromatic N) is 4. The lowest BCUT2D eigenvalue weighted by Crippen LogP contribution is -2.33. The first kappa shape index (κ1) is 27.2. The van der Waals surface area contributed by atoms with Crippen molar-refractivity contribution in [3.05, 3.63) is 118 Å².